The number of rotatable bonds is 2. The summed E-state index contributed by atoms with van der Waals surface area (Å²) in [6, 6.07) is 10.1. The fourth-order valence-electron chi connectivity index (χ4n) is 2.79. The molecule has 4 nitrogen and oxygen atoms in total. The quantitative estimate of drug-likeness (QED) is 0.724. The van der Waals surface area contributed by atoms with Crippen LogP contribution in [0.1, 0.15) is 10.4 Å². The molecule has 1 aromatic carbocycles. The van der Waals surface area contributed by atoms with Gasteiger partial charge in [-0.25, -0.2) is 0 Å². The van der Waals surface area contributed by atoms with Crippen LogP contribution in [0.3, 0.4) is 0 Å². The minimum Gasteiger partial charge on any atom is -0.358 e. The Morgan fingerprint density at radius 2 is 1.91 bits per heavy atom. The van der Waals surface area contributed by atoms with Gasteiger partial charge in [-0.05, 0) is 35.1 Å². The first-order chi connectivity index (χ1) is 10.8. The molecule has 0 unspecified atom stereocenters. The summed E-state index contributed by atoms with van der Waals surface area (Å²) in [7, 11) is 0. The number of anilines is 1. The Morgan fingerprint density at radius 1 is 1.09 bits per heavy atom. The van der Waals surface area contributed by atoms with Crippen molar-refractivity contribution in [2.24, 2.45) is 0 Å². The van der Waals surface area contributed by atoms with Crippen LogP contribution in [0.15, 0.2) is 41.1 Å². The number of amides is 1. The van der Waals surface area contributed by atoms with E-state index in [-0.39, 0.29) is 5.91 Å². The van der Waals surface area contributed by atoms with E-state index in [0.717, 1.165) is 37.3 Å². The summed E-state index contributed by atoms with van der Waals surface area (Å²) in [6.07, 6.45) is 0. The van der Waals surface area contributed by atoms with Gasteiger partial charge in [-0.1, -0.05) is 12.1 Å². The molecular formula is C16H15N3OS2. The van der Waals surface area contributed by atoms with E-state index in [2.05, 4.69) is 21.4 Å². The zero-order chi connectivity index (χ0) is 14.9. The van der Waals surface area contributed by atoms with E-state index in [0.29, 0.717) is 0 Å². The molecule has 1 aliphatic heterocycles. The third-order valence-electron chi connectivity index (χ3n) is 3.99. The third kappa shape index (κ3) is 2.38. The maximum absolute atomic E-state index is 12.4. The van der Waals surface area contributed by atoms with Crippen LogP contribution >= 0.6 is 22.9 Å². The Kier molecular flexibility index (Phi) is 3.56. The van der Waals surface area contributed by atoms with Crippen molar-refractivity contribution >= 4 is 44.7 Å². The monoisotopic (exact) mass is 329 g/mol. The zero-order valence-electron chi connectivity index (χ0n) is 11.9. The lowest BCUT2D eigenvalue weighted by molar-refractivity contribution is 0.0747. The molecule has 0 spiro atoms. The molecule has 112 valence electrons. The van der Waals surface area contributed by atoms with E-state index in [1.807, 2.05) is 33.9 Å². The molecule has 0 saturated carbocycles. The minimum absolute atomic E-state index is 0.148. The topological polar surface area (TPSA) is 36.4 Å². The van der Waals surface area contributed by atoms with Crippen molar-refractivity contribution in [1.82, 2.24) is 9.27 Å². The Bertz CT molecular complexity index is 789. The SMILES string of the molecule is O=C(c1ccsc1)N1CCN(c2snc3ccccc23)CC1. The van der Waals surface area contributed by atoms with Crippen molar-refractivity contribution in [3.63, 3.8) is 0 Å². The number of piperazine rings is 1. The second-order valence-electron chi connectivity index (χ2n) is 5.30. The molecule has 1 saturated heterocycles. The largest absolute Gasteiger partial charge is 0.358 e. The zero-order valence-corrected chi connectivity index (χ0v) is 13.6. The van der Waals surface area contributed by atoms with Crippen LogP contribution in [0.5, 0.6) is 0 Å². The van der Waals surface area contributed by atoms with Crippen molar-refractivity contribution < 1.29 is 4.79 Å². The Hall–Kier alpha value is -1.92. The van der Waals surface area contributed by atoms with Gasteiger partial charge in [0.05, 0.1) is 11.1 Å². The molecule has 4 rings (SSSR count). The normalized spacial score (nSPS) is 15.5. The number of carbonyl (C=O) groups excluding carboxylic acids is 1. The van der Waals surface area contributed by atoms with Crippen LogP contribution in [0, 0.1) is 0 Å². The molecule has 0 atom stereocenters. The van der Waals surface area contributed by atoms with E-state index in [1.165, 1.54) is 10.4 Å². The summed E-state index contributed by atoms with van der Waals surface area (Å²) in [5.74, 6) is 0.148. The first-order valence-corrected chi connectivity index (χ1v) is 8.95. The maximum atomic E-state index is 12.4. The van der Waals surface area contributed by atoms with Crippen molar-refractivity contribution in [3.05, 3.63) is 46.7 Å². The number of fused-ring (bicyclic) bond motifs is 1. The Morgan fingerprint density at radius 3 is 2.68 bits per heavy atom. The molecule has 1 amide bonds. The fraction of sp³-hybridized carbons (Fsp3) is 0.250. The average molecular weight is 329 g/mol. The smallest absolute Gasteiger partial charge is 0.254 e. The van der Waals surface area contributed by atoms with Gasteiger partial charge in [-0.15, -0.1) is 0 Å². The van der Waals surface area contributed by atoms with Gasteiger partial charge in [-0.2, -0.15) is 15.7 Å². The van der Waals surface area contributed by atoms with Gasteiger partial charge in [0.2, 0.25) is 0 Å². The van der Waals surface area contributed by atoms with Crippen LogP contribution in [-0.2, 0) is 0 Å². The summed E-state index contributed by atoms with van der Waals surface area (Å²) in [4.78, 5) is 16.7. The van der Waals surface area contributed by atoms with Crippen LogP contribution in [0.2, 0.25) is 0 Å². The molecule has 0 bridgehead atoms. The van der Waals surface area contributed by atoms with E-state index in [9.17, 15) is 4.79 Å². The van der Waals surface area contributed by atoms with Gasteiger partial charge >= 0.3 is 0 Å². The van der Waals surface area contributed by atoms with E-state index in [4.69, 9.17) is 0 Å². The molecule has 0 radical (unpaired) electrons. The highest BCUT2D eigenvalue weighted by Crippen LogP contribution is 2.31. The third-order valence-corrected chi connectivity index (χ3v) is 5.61. The Balaban J connectivity index is 1.49. The summed E-state index contributed by atoms with van der Waals surface area (Å²) < 4.78 is 4.51. The molecule has 3 aromatic rings. The highest BCUT2D eigenvalue weighted by atomic mass is 32.1. The number of aromatic nitrogens is 1. The van der Waals surface area contributed by atoms with Crippen LogP contribution in [-0.4, -0.2) is 41.4 Å². The molecule has 2 aromatic heterocycles. The maximum Gasteiger partial charge on any atom is 0.254 e. The summed E-state index contributed by atoms with van der Waals surface area (Å²) in [5, 5.41) is 6.31. The average Bonchev–Trinajstić information content (AvgIpc) is 3.24. The first kappa shape index (κ1) is 13.7. The van der Waals surface area contributed by atoms with E-state index >= 15 is 0 Å². The predicted molar refractivity (Wildman–Crippen MR) is 92.1 cm³/mol. The molecule has 0 aliphatic carbocycles. The highest BCUT2D eigenvalue weighted by Gasteiger charge is 2.24. The summed E-state index contributed by atoms with van der Waals surface area (Å²) >= 11 is 3.12. The van der Waals surface area contributed by atoms with Gasteiger partial charge < -0.3 is 9.80 Å². The van der Waals surface area contributed by atoms with Gasteiger partial charge in [0, 0.05) is 36.9 Å². The molecule has 22 heavy (non-hydrogen) atoms. The second-order valence-corrected chi connectivity index (χ2v) is 6.83. The van der Waals surface area contributed by atoms with Crippen LogP contribution in [0.25, 0.3) is 10.9 Å². The van der Waals surface area contributed by atoms with Crippen LogP contribution < -0.4 is 4.90 Å². The van der Waals surface area contributed by atoms with Crippen molar-refractivity contribution in [2.75, 3.05) is 31.1 Å². The number of carbonyl (C=O) groups is 1. The standard InChI is InChI=1S/C16H15N3OS2/c20-15(12-5-10-21-11-12)18-6-8-19(9-7-18)16-13-3-1-2-4-14(13)17-22-16/h1-5,10-11H,6-9H2. The number of hydrogen-bond donors (Lipinski definition) is 0. The van der Waals surface area contributed by atoms with Gasteiger partial charge in [0.1, 0.15) is 5.00 Å². The molecule has 6 heteroatoms. The van der Waals surface area contributed by atoms with Crippen molar-refractivity contribution in [2.45, 2.75) is 0 Å². The van der Waals surface area contributed by atoms with Gasteiger partial charge in [0.15, 0.2) is 0 Å². The fourth-order valence-corrected chi connectivity index (χ4v) is 4.33. The molecule has 1 aliphatic rings. The number of hydrogen-bond acceptors (Lipinski definition) is 5. The highest BCUT2D eigenvalue weighted by molar-refractivity contribution is 7.11. The van der Waals surface area contributed by atoms with Crippen molar-refractivity contribution in [3.8, 4) is 0 Å². The molecular weight excluding hydrogens is 314 g/mol. The van der Waals surface area contributed by atoms with Crippen LogP contribution in [0.4, 0.5) is 5.00 Å². The second kappa shape index (κ2) is 5.70. The lowest BCUT2D eigenvalue weighted by atomic mass is 10.2. The van der Waals surface area contributed by atoms with Crippen molar-refractivity contribution in [1.29, 1.82) is 0 Å². The first-order valence-electron chi connectivity index (χ1n) is 7.24. The van der Waals surface area contributed by atoms with E-state index in [1.54, 1.807) is 22.9 Å². The number of benzene rings is 1. The minimum atomic E-state index is 0.148. The predicted octanol–water partition coefficient (Wildman–Crippen LogP) is 3.32. The van der Waals surface area contributed by atoms with Gasteiger partial charge in [0.25, 0.3) is 5.91 Å². The number of thiophene rings is 1. The molecule has 0 N–H and O–H groups in total. The summed E-state index contributed by atoms with van der Waals surface area (Å²) in [5.41, 5.74) is 1.86. The molecule has 1 fully saturated rings. The lowest BCUT2D eigenvalue weighted by Crippen LogP contribution is -2.48. The van der Waals surface area contributed by atoms with E-state index < -0.39 is 0 Å². The number of nitrogens with zero attached hydrogens (tertiary/aromatic N) is 3. The molecule has 3 heterocycles. The lowest BCUT2D eigenvalue weighted by Gasteiger charge is -2.35. The Labute approximate surface area is 136 Å². The van der Waals surface area contributed by atoms with Gasteiger partial charge in [-0.3, -0.25) is 4.79 Å². The summed E-state index contributed by atoms with van der Waals surface area (Å²) in [6.45, 7) is 3.26.